The minimum atomic E-state index is -1.14. The Morgan fingerprint density at radius 3 is 2.71 bits per heavy atom. The van der Waals surface area contributed by atoms with Crippen LogP contribution >= 0.6 is 0 Å². The molecule has 0 bridgehead atoms. The van der Waals surface area contributed by atoms with Crippen LogP contribution in [0.2, 0.25) is 0 Å². The Labute approximate surface area is 138 Å². The van der Waals surface area contributed by atoms with E-state index in [1.54, 1.807) is 0 Å². The molecule has 1 aliphatic rings. The summed E-state index contributed by atoms with van der Waals surface area (Å²) in [5, 5.41) is 0.940. The highest BCUT2D eigenvalue weighted by Gasteiger charge is 2.38. The van der Waals surface area contributed by atoms with Gasteiger partial charge in [-0.25, -0.2) is 19.1 Å². The molecular formula is C16H15FN2O5. The predicted molar refractivity (Wildman–Crippen MR) is 79.6 cm³/mol. The minimum Gasteiger partial charge on any atom is -0.445 e. The average molecular weight is 334 g/mol. The molecule has 1 heterocycles. The summed E-state index contributed by atoms with van der Waals surface area (Å²) >= 11 is 0. The largest absolute Gasteiger partial charge is 0.445 e. The number of hydrogen-bond acceptors (Lipinski definition) is 5. The zero-order valence-electron chi connectivity index (χ0n) is 13.3. The van der Waals surface area contributed by atoms with Crippen LogP contribution in [-0.4, -0.2) is 29.8 Å². The Balaban J connectivity index is 2.16. The van der Waals surface area contributed by atoms with Gasteiger partial charge in [0.2, 0.25) is 17.2 Å². The van der Waals surface area contributed by atoms with E-state index in [0.29, 0.717) is 5.56 Å². The van der Waals surface area contributed by atoms with E-state index in [0.717, 1.165) is 17.2 Å². The number of halogens is 1. The lowest BCUT2D eigenvalue weighted by atomic mass is 10.2. The lowest BCUT2D eigenvalue weighted by Gasteiger charge is -2.18. The maximum absolute atomic E-state index is 13.3. The van der Waals surface area contributed by atoms with Crippen molar-refractivity contribution in [3.63, 3.8) is 0 Å². The summed E-state index contributed by atoms with van der Waals surface area (Å²) in [5.41, 5.74) is 0.338. The Kier molecular flexibility index (Phi) is 4.85. The van der Waals surface area contributed by atoms with Gasteiger partial charge in [0.15, 0.2) is 0 Å². The number of nitrogens with zero attached hydrogens (tertiary/aromatic N) is 2. The van der Waals surface area contributed by atoms with Gasteiger partial charge >= 0.3 is 5.97 Å². The summed E-state index contributed by atoms with van der Waals surface area (Å²) in [6.07, 6.45) is 0.958. The number of amides is 1. The van der Waals surface area contributed by atoms with Gasteiger partial charge in [-0.15, -0.1) is 0 Å². The molecule has 24 heavy (non-hydrogen) atoms. The summed E-state index contributed by atoms with van der Waals surface area (Å²) in [4.78, 5) is 31.9. The van der Waals surface area contributed by atoms with E-state index >= 15 is 0 Å². The molecule has 0 aromatic heterocycles. The number of esters is 1. The van der Waals surface area contributed by atoms with E-state index in [1.807, 2.05) is 0 Å². The number of hydroxylamine groups is 2. The van der Waals surface area contributed by atoms with Crippen molar-refractivity contribution in [1.82, 2.24) is 5.06 Å². The molecule has 0 atom stereocenters. The molecule has 1 aromatic carbocycles. The molecule has 0 saturated carbocycles. The third kappa shape index (κ3) is 3.88. The summed E-state index contributed by atoms with van der Waals surface area (Å²) < 4.78 is 23.5. The number of cyclic esters (lactones) is 1. The fraction of sp³-hybridized carbons (Fsp3) is 0.312. The number of carbonyl (C=O) groups is 2. The van der Waals surface area contributed by atoms with Gasteiger partial charge in [-0.3, -0.25) is 9.63 Å². The van der Waals surface area contributed by atoms with Crippen molar-refractivity contribution in [3.8, 4) is 0 Å². The Morgan fingerprint density at radius 2 is 2.17 bits per heavy atom. The number of benzene rings is 1. The second-order valence-corrected chi connectivity index (χ2v) is 5.35. The van der Waals surface area contributed by atoms with Crippen LogP contribution in [0.5, 0.6) is 0 Å². The third-order valence-electron chi connectivity index (χ3n) is 3.07. The van der Waals surface area contributed by atoms with E-state index in [9.17, 15) is 14.0 Å². The molecule has 1 aliphatic heterocycles. The molecule has 1 amide bonds. The zero-order chi connectivity index (χ0) is 17.9. The molecule has 8 heteroatoms. The molecule has 2 rings (SSSR count). The number of carbonyl (C=O) groups excluding carboxylic acids is 2. The lowest BCUT2D eigenvalue weighted by Crippen LogP contribution is -2.28. The second-order valence-electron chi connectivity index (χ2n) is 5.35. The molecule has 0 unspecified atom stereocenters. The minimum absolute atomic E-state index is 0.0413. The quantitative estimate of drug-likeness (QED) is 0.366. The molecule has 1 aromatic rings. The predicted octanol–water partition coefficient (Wildman–Crippen LogP) is 2.46. The Hall–Kier alpha value is -2.92. The maximum atomic E-state index is 13.3. The van der Waals surface area contributed by atoms with Gasteiger partial charge in [-0.05, 0) is 17.7 Å². The third-order valence-corrected chi connectivity index (χ3v) is 3.07. The van der Waals surface area contributed by atoms with E-state index in [1.165, 1.54) is 33.1 Å². The second kappa shape index (κ2) is 6.68. The highest BCUT2D eigenvalue weighted by molar-refractivity contribution is 5.97. The smallest absolute Gasteiger partial charge is 0.377 e. The van der Waals surface area contributed by atoms with E-state index in [2.05, 4.69) is 4.85 Å². The Bertz CT molecular complexity index is 751. The van der Waals surface area contributed by atoms with Crippen molar-refractivity contribution in [3.05, 3.63) is 52.8 Å². The molecule has 7 nitrogen and oxygen atoms in total. The SMILES string of the molecule is [C-]#[N+]c1cc(CN(OC)C(=O)C=C2OC(C)(C)OC2=O)ccc1F. The van der Waals surface area contributed by atoms with Crippen LogP contribution in [0.4, 0.5) is 10.1 Å². The van der Waals surface area contributed by atoms with Crippen LogP contribution in [0.25, 0.3) is 4.85 Å². The highest BCUT2D eigenvalue weighted by Crippen LogP contribution is 2.26. The van der Waals surface area contributed by atoms with Crippen LogP contribution in [-0.2, 0) is 30.4 Å². The Morgan fingerprint density at radius 1 is 1.46 bits per heavy atom. The molecule has 126 valence electrons. The molecule has 0 N–H and O–H groups in total. The fourth-order valence-electron chi connectivity index (χ4n) is 2.01. The van der Waals surface area contributed by atoms with Crippen LogP contribution in [0.15, 0.2) is 30.0 Å². The molecule has 1 fully saturated rings. The van der Waals surface area contributed by atoms with Crippen molar-refractivity contribution in [2.75, 3.05) is 7.11 Å². The zero-order valence-corrected chi connectivity index (χ0v) is 13.3. The monoisotopic (exact) mass is 334 g/mol. The van der Waals surface area contributed by atoms with Gasteiger partial charge in [0.25, 0.3) is 5.91 Å². The van der Waals surface area contributed by atoms with Crippen LogP contribution in [0.1, 0.15) is 19.4 Å². The highest BCUT2D eigenvalue weighted by atomic mass is 19.1. The molecule has 0 spiro atoms. The maximum Gasteiger partial charge on any atom is 0.377 e. The van der Waals surface area contributed by atoms with Crippen molar-refractivity contribution in [2.24, 2.45) is 0 Å². The van der Waals surface area contributed by atoms with Crippen LogP contribution < -0.4 is 0 Å². The average Bonchev–Trinajstić information content (AvgIpc) is 2.78. The van der Waals surface area contributed by atoms with Gasteiger partial charge in [-0.2, -0.15) is 0 Å². The van der Waals surface area contributed by atoms with Gasteiger partial charge in [0.1, 0.15) is 5.82 Å². The number of ether oxygens (including phenoxy) is 2. The van der Waals surface area contributed by atoms with Gasteiger partial charge < -0.3 is 9.47 Å². The van der Waals surface area contributed by atoms with Gasteiger partial charge in [-0.1, -0.05) is 6.07 Å². The first-order valence-corrected chi connectivity index (χ1v) is 6.91. The van der Waals surface area contributed by atoms with Crippen molar-refractivity contribution < 1.29 is 28.3 Å². The van der Waals surface area contributed by atoms with E-state index < -0.39 is 23.5 Å². The van der Waals surface area contributed by atoms with Crippen LogP contribution in [0, 0.1) is 12.4 Å². The van der Waals surface area contributed by atoms with Crippen molar-refractivity contribution >= 4 is 17.6 Å². The van der Waals surface area contributed by atoms with Gasteiger partial charge in [0, 0.05) is 13.8 Å². The summed E-state index contributed by atoms with van der Waals surface area (Å²) in [6.45, 7) is 9.93. The lowest BCUT2D eigenvalue weighted by molar-refractivity contribution is -0.173. The first-order valence-electron chi connectivity index (χ1n) is 6.91. The first-order chi connectivity index (χ1) is 11.3. The van der Waals surface area contributed by atoms with Crippen molar-refractivity contribution in [2.45, 2.75) is 26.2 Å². The molecular weight excluding hydrogens is 319 g/mol. The molecule has 0 radical (unpaired) electrons. The summed E-state index contributed by atoms with van der Waals surface area (Å²) in [7, 11) is 1.27. The number of rotatable bonds is 4. The normalized spacial score (nSPS) is 17.1. The summed E-state index contributed by atoms with van der Waals surface area (Å²) in [6, 6.07) is 3.89. The van der Waals surface area contributed by atoms with E-state index in [4.69, 9.17) is 20.9 Å². The van der Waals surface area contributed by atoms with E-state index in [-0.39, 0.29) is 18.0 Å². The molecule has 1 saturated heterocycles. The van der Waals surface area contributed by atoms with Gasteiger partial charge in [0.05, 0.1) is 26.3 Å². The molecule has 0 aliphatic carbocycles. The van der Waals surface area contributed by atoms with Crippen molar-refractivity contribution in [1.29, 1.82) is 0 Å². The van der Waals surface area contributed by atoms with Crippen LogP contribution in [0.3, 0.4) is 0 Å². The fourth-order valence-corrected chi connectivity index (χ4v) is 2.01. The first kappa shape index (κ1) is 17.4. The standard InChI is InChI=1S/C16H15FN2O5/c1-16(2)23-13(15(21)24-16)8-14(20)19(22-4)9-10-5-6-11(17)12(7-10)18-3/h5-8H,9H2,1-2,4H3. The number of hydrogen-bond donors (Lipinski definition) is 0. The topological polar surface area (TPSA) is 69.4 Å². The summed E-state index contributed by atoms with van der Waals surface area (Å²) in [5.74, 6) is -3.41.